The Labute approximate surface area is 135 Å². The summed E-state index contributed by atoms with van der Waals surface area (Å²) in [5, 5.41) is 3.11. The van der Waals surface area contributed by atoms with Crippen LogP contribution in [0.25, 0.3) is 11.3 Å². The van der Waals surface area contributed by atoms with E-state index < -0.39 is 0 Å². The summed E-state index contributed by atoms with van der Waals surface area (Å²) in [4.78, 5) is 14.8. The highest BCUT2D eigenvalue weighted by Gasteiger charge is 2.33. The number of anilines is 1. The monoisotopic (exact) mass is 311 g/mol. The van der Waals surface area contributed by atoms with Crippen LogP contribution in [-0.2, 0) is 0 Å². The van der Waals surface area contributed by atoms with E-state index in [1.807, 2.05) is 24.3 Å². The van der Waals surface area contributed by atoms with Crippen molar-refractivity contribution in [3.05, 3.63) is 42.2 Å². The predicted molar refractivity (Wildman–Crippen MR) is 89.0 cm³/mol. The van der Waals surface area contributed by atoms with Crippen molar-refractivity contribution in [1.82, 2.24) is 10.2 Å². The minimum Gasteiger partial charge on any atom is -0.451 e. The number of nitrogen functional groups attached to an aromatic ring is 1. The fourth-order valence-electron chi connectivity index (χ4n) is 3.75. The highest BCUT2D eigenvalue weighted by molar-refractivity contribution is 5.92. The molecule has 4 rings (SSSR count). The van der Waals surface area contributed by atoms with Crippen molar-refractivity contribution in [1.29, 1.82) is 0 Å². The molecular weight excluding hydrogens is 290 g/mol. The number of piperidine rings is 1. The Morgan fingerprint density at radius 1 is 1.22 bits per heavy atom. The number of fused-ring (bicyclic) bond motifs is 2. The lowest BCUT2D eigenvalue weighted by molar-refractivity contribution is 0.0882. The van der Waals surface area contributed by atoms with Crippen LogP contribution in [-0.4, -0.2) is 36.5 Å². The lowest BCUT2D eigenvalue weighted by Crippen LogP contribution is -2.46. The highest BCUT2D eigenvalue weighted by Crippen LogP contribution is 2.29. The second-order valence-corrected chi connectivity index (χ2v) is 6.57. The standard InChI is InChI=1S/C18H21N3O2/c19-15-4-2-1-3-14(15)16-5-6-17(23-16)18(22)20-13-9-12-7-8-21(10-12)11-13/h1-6,12-13H,7-11,19H2,(H,20,22). The number of benzene rings is 1. The Balaban J connectivity index is 1.46. The maximum absolute atomic E-state index is 12.4. The number of carbonyl (C=O) groups excluding carboxylic acids is 1. The fourth-order valence-corrected chi connectivity index (χ4v) is 3.75. The lowest BCUT2D eigenvalue weighted by Gasteiger charge is -2.30. The smallest absolute Gasteiger partial charge is 0.287 e. The highest BCUT2D eigenvalue weighted by atomic mass is 16.3. The Hall–Kier alpha value is -2.27. The Morgan fingerprint density at radius 2 is 2.09 bits per heavy atom. The van der Waals surface area contributed by atoms with Gasteiger partial charge in [-0.3, -0.25) is 4.79 Å². The minimum atomic E-state index is -0.141. The van der Waals surface area contributed by atoms with Gasteiger partial charge in [0.2, 0.25) is 0 Å². The van der Waals surface area contributed by atoms with Crippen LogP contribution >= 0.6 is 0 Å². The molecule has 1 aromatic carbocycles. The van der Waals surface area contributed by atoms with Crippen LogP contribution in [0.5, 0.6) is 0 Å². The van der Waals surface area contributed by atoms with Crippen molar-refractivity contribution >= 4 is 11.6 Å². The van der Waals surface area contributed by atoms with E-state index in [1.165, 1.54) is 13.0 Å². The molecular formula is C18H21N3O2. The molecule has 3 N–H and O–H groups in total. The molecule has 2 aromatic rings. The SMILES string of the molecule is Nc1ccccc1-c1ccc(C(=O)NC2CC3CCN(C3)C2)o1. The lowest BCUT2D eigenvalue weighted by atomic mass is 9.97. The molecule has 0 saturated carbocycles. The van der Waals surface area contributed by atoms with Gasteiger partial charge in [0.15, 0.2) is 5.76 Å². The number of amides is 1. The van der Waals surface area contributed by atoms with Crippen LogP contribution in [0.3, 0.4) is 0 Å². The van der Waals surface area contributed by atoms with Gasteiger partial charge in [0.05, 0.1) is 0 Å². The average molecular weight is 311 g/mol. The molecule has 5 heteroatoms. The van der Waals surface area contributed by atoms with Crippen molar-refractivity contribution in [2.24, 2.45) is 5.92 Å². The van der Waals surface area contributed by atoms with E-state index in [0.717, 1.165) is 31.0 Å². The molecule has 0 radical (unpaired) electrons. The Kier molecular flexibility index (Phi) is 3.58. The van der Waals surface area contributed by atoms with Crippen molar-refractivity contribution in [2.45, 2.75) is 18.9 Å². The van der Waals surface area contributed by atoms with Gasteiger partial charge in [-0.05, 0) is 49.6 Å². The normalized spacial score (nSPS) is 26.2. The molecule has 0 spiro atoms. The van der Waals surface area contributed by atoms with Crippen molar-refractivity contribution in [3.8, 4) is 11.3 Å². The molecule has 2 aliphatic rings. The van der Waals surface area contributed by atoms with E-state index in [0.29, 0.717) is 17.2 Å². The number of hydrogen-bond donors (Lipinski definition) is 2. The molecule has 3 unspecified atom stereocenters. The molecule has 2 aliphatic heterocycles. The second kappa shape index (κ2) is 5.74. The molecule has 3 heterocycles. The molecule has 2 fully saturated rings. The first kappa shape index (κ1) is 14.3. The maximum Gasteiger partial charge on any atom is 0.287 e. The molecule has 2 saturated heterocycles. The van der Waals surface area contributed by atoms with E-state index in [2.05, 4.69) is 10.2 Å². The summed E-state index contributed by atoms with van der Waals surface area (Å²) in [6.45, 7) is 3.29. The quantitative estimate of drug-likeness (QED) is 0.854. The van der Waals surface area contributed by atoms with Crippen LogP contribution in [0, 0.1) is 5.92 Å². The van der Waals surface area contributed by atoms with Gasteiger partial charge in [-0.25, -0.2) is 0 Å². The molecule has 1 amide bonds. The van der Waals surface area contributed by atoms with Crippen LogP contribution < -0.4 is 11.1 Å². The van der Waals surface area contributed by atoms with Gasteiger partial charge in [-0.1, -0.05) is 12.1 Å². The molecule has 2 bridgehead atoms. The number of nitrogens with two attached hydrogens (primary N) is 1. The zero-order chi connectivity index (χ0) is 15.8. The summed E-state index contributed by atoms with van der Waals surface area (Å²) >= 11 is 0. The molecule has 120 valence electrons. The van der Waals surface area contributed by atoms with Crippen LogP contribution in [0.4, 0.5) is 5.69 Å². The maximum atomic E-state index is 12.4. The predicted octanol–water partition coefficient (Wildman–Crippen LogP) is 2.35. The van der Waals surface area contributed by atoms with E-state index in [4.69, 9.17) is 10.2 Å². The van der Waals surface area contributed by atoms with Gasteiger partial charge >= 0.3 is 0 Å². The van der Waals surface area contributed by atoms with E-state index >= 15 is 0 Å². The Morgan fingerprint density at radius 3 is 2.91 bits per heavy atom. The number of nitrogens with zero attached hydrogens (tertiary/aromatic N) is 1. The second-order valence-electron chi connectivity index (χ2n) is 6.57. The fraction of sp³-hybridized carbons (Fsp3) is 0.389. The van der Waals surface area contributed by atoms with Gasteiger partial charge in [0.1, 0.15) is 5.76 Å². The first-order valence-corrected chi connectivity index (χ1v) is 8.17. The van der Waals surface area contributed by atoms with Crippen LogP contribution in [0.1, 0.15) is 23.4 Å². The largest absolute Gasteiger partial charge is 0.451 e. The number of rotatable bonds is 3. The third kappa shape index (κ3) is 2.84. The topological polar surface area (TPSA) is 71.5 Å². The van der Waals surface area contributed by atoms with Gasteiger partial charge in [0.25, 0.3) is 5.91 Å². The van der Waals surface area contributed by atoms with Gasteiger partial charge < -0.3 is 20.4 Å². The van der Waals surface area contributed by atoms with Crippen molar-refractivity contribution in [3.63, 3.8) is 0 Å². The number of nitrogens with one attached hydrogen (secondary N) is 1. The van der Waals surface area contributed by atoms with Gasteiger partial charge in [-0.15, -0.1) is 0 Å². The van der Waals surface area contributed by atoms with Crippen molar-refractivity contribution < 1.29 is 9.21 Å². The average Bonchev–Trinajstić information content (AvgIpc) is 3.15. The summed E-state index contributed by atoms with van der Waals surface area (Å²) in [6.07, 6.45) is 2.33. The number of carbonyl (C=O) groups is 1. The van der Waals surface area contributed by atoms with E-state index in [1.54, 1.807) is 12.1 Å². The van der Waals surface area contributed by atoms with Gasteiger partial charge in [0, 0.05) is 30.4 Å². The van der Waals surface area contributed by atoms with Crippen LogP contribution in [0.2, 0.25) is 0 Å². The first-order chi connectivity index (χ1) is 11.2. The molecule has 1 aromatic heterocycles. The summed E-state index contributed by atoms with van der Waals surface area (Å²) in [7, 11) is 0. The van der Waals surface area contributed by atoms with Crippen LogP contribution in [0.15, 0.2) is 40.8 Å². The number of furan rings is 1. The minimum absolute atomic E-state index is 0.141. The summed E-state index contributed by atoms with van der Waals surface area (Å²) in [6, 6.07) is 11.2. The molecule has 0 aliphatic carbocycles. The molecule has 5 nitrogen and oxygen atoms in total. The zero-order valence-corrected chi connectivity index (χ0v) is 13.0. The number of hydrogen-bond acceptors (Lipinski definition) is 4. The van der Waals surface area contributed by atoms with Gasteiger partial charge in [-0.2, -0.15) is 0 Å². The summed E-state index contributed by atoms with van der Waals surface area (Å²) in [5.74, 6) is 1.56. The van der Waals surface area contributed by atoms with E-state index in [9.17, 15) is 4.79 Å². The number of para-hydroxylation sites is 1. The molecule has 3 atom stereocenters. The third-order valence-corrected chi connectivity index (χ3v) is 4.86. The molecule has 23 heavy (non-hydrogen) atoms. The summed E-state index contributed by atoms with van der Waals surface area (Å²) < 4.78 is 5.72. The summed E-state index contributed by atoms with van der Waals surface area (Å²) in [5.41, 5.74) is 7.42. The first-order valence-electron chi connectivity index (χ1n) is 8.17. The zero-order valence-electron chi connectivity index (χ0n) is 13.0. The third-order valence-electron chi connectivity index (χ3n) is 4.86. The van der Waals surface area contributed by atoms with E-state index in [-0.39, 0.29) is 11.9 Å². The van der Waals surface area contributed by atoms with Crippen molar-refractivity contribution in [2.75, 3.05) is 25.4 Å². The Bertz CT molecular complexity index is 713.